The number of ether oxygens (including phenoxy) is 2. The Bertz CT molecular complexity index is 672. The van der Waals surface area contributed by atoms with E-state index >= 15 is 0 Å². The van der Waals surface area contributed by atoms with Crippen LogP contribution >= 0.6 is 11.8 Å². The number of ketones is 1. The predicted molar refractivity (Wildman–Crippen MR) is 80.4 cm³/mol. The third kappa shape index (κ3) is 3.19. The van der Waals surface area contributed by atoms with Gasteiger partial charge >= 0.3 is 0 Å². The monoisotopic (exact) mass is 301 g/mol. The quantitative estimate of drug-likeness (QED) is 0.811. The summed E-state index contributed by atoms with van der Waals surface area (Å²) in [5.41, 5.74) is 0.634. The molecule has 0 saturated heterocycles. The zero-order valence-corrected chi connectivity index (χ0v) is 12.5. The minimum atomic E-state index is 0.0138. The number of nitrogens with zero attached hydrogens (tertiary/aromatic N) is 1. The number of rotatable bonds is 3. The Morgan fingerprint density at radius 2 is 2.00 bits per heavy atom. The zero-order chi connectivity index (χ0) is 14.7. The van der Waals surface area contributed by atoms with Crippen molar-refractivity contribution in [3.05, 3.63) is 42.1 Å². The highest BCUT2D eigenvalue weighted by Gasteiger charge is 2.13. The fourth-order valence-corrected chi connectivity index (χ4v) is 3.02. The van der Waals surface area contributed by atoms with E-state index in [4.69, 9.17) is 9.47 Å². The summed E-state index contributed by atoms with van der Waals surface area (Å²) in [7, 11) is 0. The number of fused-ring (bicyclic) bond motifs is 1. The van der Waals surface area contributed by atoms with Crippen LogP contribution in [0, 0.1) is 0 Å². The van der Waals surface area contributed by atoms with E-state index in [1.165, 1.54) is 11.8 Å². The minimum absolute atomic E-state index is 0.0138. The molecule has 1 aliphatic heterocycles. The van der Waals surface area contributed by atoms with E-state index in [0.29, 0.717) is 23.8 Å². The molecule has 0 aliphatic carbocycles. The second-order valence-corrected chi connectivity index (χ2v) is 5.74. The zero-order valence-electron chi connectivity index (χ0n) is 11.7. The van der Waals surface area contributed by atoms with Gasteiger partial charge in [0, 0.05) is 23.1 Å². The lowest BCUT2D eigenvalue weighted by Gasteiger charge is -2.10. The molecule has 21 heavy (non-hydrogen) atoms. The summed E-state index contributed by atoms with van der Waals surface area (Å²) >= 11 is 1.45. The van der Waals surface area contributed by atoms with Crippen LogP contribution in [0.3, 0.4) is 0 Å². The average Bonchev–Trinajstić information content (AvgIpc) is 2.72. The highest BCUT2D eigenvalue weighted by molar-refractivity contribution is 7.99. The lowest BCUT2D eigenvalue weighted by Crippen LogP contribution is -1.97. The molecule has 0 spiro atoms. The third-order valence-electron chi connectivity index (χ3n) is 3.08. The SMILES string of the molecule is CC(=O)c1cccnc1Sc1ccc2c(c1)OCCCO2. The van der Waals surface area contributed by atoms with Gasteiger partial charge in [-0.2, -0.15) is 0 Å². The Balaban J connectivity index is 1.89. The number of hydrogen-bond acceptors (Lipinski definition) is 5. The molecule has 0 atom stereocenters. The number of carbonyl (C=O) groups is 1. The molecule has 0 amide bonds. The summed E-state index contributed by atoms with van der Waals surface area (Å²) in [5.74, 6) is 1.53. The maximum absolute atomic E-state index is 11.6. The Morgan fingerprint density at radius 3 is 2.81 bits per heavy atom. The number of carbonyl (C=O) groups excluding carboxylic acids is 1. The van der Waals surface area contributed by atoms with Crippen molar-refractivity contribution in [3.8, 4) is 11.5 Å². The van der Waals surface area contributed by atoms with E-state index in [2.05, 4.69) is 4.98 Å². The molecule has 0 N–H and O–H groups in total. The van der Waals surface area contributed by atoms with Crippen molar-refractivity contribution in [2.75, 3.05) is 13.2 Å². The van der Waals surface area contributed by atoms with Gasteiger partial charge in [-0.3, -0.25) is 4.79 Å². The fraction of sp³-hybridized carbons (Fsp3) is 0.250. The van der Waals surface area contributed by atoms with Crippen molar-refractivity contribution < 1.29 is 14.3 Å². The summed E-state index contributed by atoms with van der Waals surface area (Å²) in [6, 6.07) is 9.36. The van der Waals surface area contributed by atoms with Gasteiger partial charge in [0.05, 0.1) is 13.2 Å². The van der Waals surface area contributed by atoms with Crippen LogP contribution in [-0.2, 0) is 0 Å². The number of pyridine rings is 1. The Labute approximate surface area is 127 Å². The van der Waals surface area contributed by atoms with E-state index in [1.807, 2.05) is 18.2 Å². The first-order valence-electron chi connectivity index (χ1n) is 6.77. The summed E-state index contributed by atoms with van der Waals surface area (Å²) in [5, 5.41) is 0.708. The maximum Gasteiger partial charge on any atom is 0.162 e. The predicted octanol–water partition coefficient (Wildman–Crippen LogP) is 3.60. The first-order chi connectivity index (χ1) is 10.2. The number of benzene rings is 1. The summed E-state index contributed by atoms with van der Waals surface area (Å²) in [6.07, 6.45) is 2.57. The van der Waals surface area contributed by atoms with E-state index < -0.39 is 0 Å². The Hall–Kier alpha value is -2.01. The van der Waals surface area contributed by atoms with E-state index in [1.54, 1.807) is 25.3 Å². The number of Topliss-reactive ketones (excluding diaryl/α,β-unsaturated/α-hetero) is 1. The van der Waals surface area contributed by atoms with Gasteiger partial charge < -0.3 is 9.47 Å². The molecular formula is C16H15NO3S. The topological polar surface area (TPSA) is 48.4 Å². The molecule has 2 heterocycles. The van der Waals surface area contributed by atoms with Gasteiger partial charge in [-0.1, -0.05) is 11.8 Å². The molecule has 108 valence electrons. The largest absolute Gasteiger partial charge is 0.490 e. The molecule has 1 aromatic heterocycles. The van der Waals surface area contributed by atoms with E-state index in [-0.39, 0.29) is 5.78 Å². The molecule has 0 bridgehead atoms. The summed E-state index contributed by atoms with van der Waals surface area (Å²) < 4.78 is 11.3. The number of aromatic nitrogens is 1. The average molecular weight is 301 g/mol. The summed E-state index contributed by atoms with van der Waals surface area (Å²) in [6.45, 7) is 2.88. The van der Waals surface area contributed by atoms with Crippen LogP contribution in [0.1, 0.15) is 23.7 Å². The highest BCUT2D eigenvalue weighted by atomic mass is 32.2. The summed E-state index contributed by atoms with van der Waals surface area (Å²) in [4.78, 5) is 16.9. The molecule has 0 radical (unpaired) electrons. The Morgan fingerprint density at radius 1 is 1.19 bits per heavy atom. The second kappa shape index (κ2) is 6.18. The van der Waals surface area contributed by atoms with Gasteiger partial charge in [0.2, 0.25) is 0 Å². The Kier molecular flexibility index (Phi) is 4.10. The number of hydrogen-bond donors (Lipinski definition) is 0. The van der Waals surface area contributed by atoms with Gasteiger partial charge in [-0.25, -0.2) is 4.98 Å². The smallest absolute Gasteiger partial charge is 0.162 e. The minimum Gasteiger partial charge on any atom is -0.490 e. The van der Waals surface area contributed by atoms with Crippen molar-refractivity contribution in [2.24, 2.45) is 0 Å². The fourth-order valence-electron chi connectivity index (χ4n) is 2.06. The van der Waals surface area contributed by atoms with Crippen LogP contribution in [0.5, 0.6) is 11.5 Å². The van der Waals surface area contributed by atoms with Crippen molar-refractivity contribution in [3.63, 3.8) is 0 Å². The second-order valence-electron chi connectivity index (χ2n) is 4.67. The van der Waals surface area contributed by atoms with Crippen LogP contribution < -0.4 is 9.47 Å². The molecule has 5 heteroatoms. The lowest BCUT2D eigenvalue weighted by atomic mass is 10.2. The van der Waals surface area contributed by atoms with Crippen LogP contribution in [0.25, 0.3) is 0 Å². The van der Waals surface area contributed by atoms with Crippen LogP contribution in [0.2, 0.25) is 0 Å². The van der Waals surface area contributed by atoms with E-state index in [9.17, 15) is 4.79 Å². The molecule has 1 aliphatic rings. The molecule has 0 unspecified atom stereocenters. The van der Waals surface area contributed by atoms with Gasteiger partial charge in [0.1, 0.15) is 5.03 Å². The van der Waals surface area contributed by atoms with Gasteiger partial charge in [0.15, 0.2) is 17.3 Å². The highest BCUT2D eigenvalue weighted by Crippen LogP contribution is 2.36. The van der Waals surface area contributed by atoms with Gasteiger partial charge in [-0.15, -0.1) is 0 Å². The molecule has 0 fully saturated rings. The van der Waals surface area contributed by atoms with Crippen LogP contribution in [-0.4, -0.2) is 24.0 Å². The molecule has 1 aromatic carbocycles. The normalized spacial score (nSPS) is 13.6. The standard InChI is InChI=1S/C16H15NO3S/c1-11(18)13-4-2-7-17-16(13)21-12-5-6-14-15(10-12)20-9-3-8-19-14/h2,4-7,10H,3,8-9H2,1H3. The lowest BCUT2D eigenvalue weighted by molar-refractivity contribution is 0.101. The molecular weight excluding hydrogens is 286 g/mol. The van der Waals surface area contributed by atoms with Crippen molar-refractivity contribution in [1.82, 2.24) is 4.98 Å². The van der Waals surface area contributed by atoms with Crippen molar-refractivity contribution in [2.45, 2.75) is 23.3 Å². The van der Waals surface area contributed by atoms with Gasteiger partial charge in [0.25, 0.3) is 0 Å². The molecule has 3 rings (SSSR count). The van der Waals surface area contributed by atoms with Crippen LogP contribution in [0.4, 0.5) is 0 Å². The molecule has 4 nitrogen and oxygen atoms in total. The first kappa shape index (κ1) is 13.9. The molecule has 0 saturated carbocycles. The third-order valence-corrected chi connectivity index (χ3v) is 4.09. The van der Waals surface area contributed by atoms with Crippen molar-refractivity contribution in [1.29, 1.82) is 0 Å². The maximum atomic E-state index is 11.6. The van der Waals surface area contributed by atoms with Crippen LogP contribution in [0.15, 0.2) is 46.5 Å². The van der Waals surface area contributed by atoms with Crippen molar-refractivity contribution >= 4 is 17.5 Å². The first-order valence-corrected chi connectivity index (χ1v) is 7.59. The van der Waals surface area contributed by atoms with E-state index in [0.717, 1.165) is 22.8 Å². The molecule has 2 aromatic rings. The van der Waals surface area contributed by atoms with Gasteiger partial charge in [-0.05, 0) is 37.3 Å².